The third kappa shape index (κ3) is 5.10. The molecule has 2 aromatic carbocycles. The maximum absolute atomic E-state index is 13.9. The Kier molecular flexibility index (Phi) is 6.47. The summed E-state index contributed by atoms with van der Waals surface area (Å²) >= 11 is 0. The molecule has 0 radical (unpaired) electrons. The molecule has 5 rings (SSSR count). The Bertz CT molecular complexity index is 1370. The van der Waals surface area contributed by atoms with Crippen LogP contribution in [0.5, 0.6) is 5.75 Å². The van der Waals surface area contributed by atoms with E-state index in [9.17, 15) is 18.0 Å². The van der Waals surface area contributed by atoms with Crippen LogP contribution in [0.4, 0.5) is 29.6 Å². The number of aromatic nitrogens is 3. The van der Waals surface area contributed by atoms with Gasteiger partial charge in [0.2, 0.25) is 5.95 Å². The van der Waals surface area contributed by atoms with Crippen LogP contribution in [0.2, 0.25) is 0 Å². The summed E-state index contributed by atoms with van der Waals surface area (Å²) in [5, 5.41) is 9.48. The lowest BCUT2D eigenvalue weighted by Crippen LogP contribution is -2.38. The summed E-state index contributed by atoms with van der Waals surface area (Å²) in [5.41, 5.74) is -0.162. The fourth-order valence-corrected chi connectivity index (χ4v) is 4.21. The number of alkyl halides is 3. The van der Waals surface area contributed by atoms with E-state index in [1.54, 1.807) is 48.5 Å². The van der Waals surface area contributed by atoms with Gasteiger partial charge in [0, 0.05) is 35.9 Å². The number of halogens is 3. The van der Waals surface area contributed by atoms with E-state index in [4.69, 9.17) is 4.74 Å². The van der Waals surface area contributed by atoms with Gasteiger partial charge >= 0.3 is 12.3 Å². The number of nitrogens with zero attached hydrogens (tertiary/aromatic N) is 2. The highest BCUT2D eigenvalue weighted by atomic mass is 19.4. The zero-order valence-corrected chi connectivity index (χ0v) is 19.0. The lowest BCUT2D eigenvalue weighted by molar-refractivity contribution is -0.137. The molecule has 3 heterocycles. The molecule has 4 aromatic rings. The van der Waals surface area contributed by atoms with Crippen molar-refractivity contribution < 1.29 is 22.7 Å². The molecular weight excluding hydrogens is 473 g/mol. The molecule has 11 heteroatoms. The Morgan fingerprint density at radius 3 is 2.69 bits per heavy atom. The molecule has 2 aromatic heterocycles. The van der Waals surface area contributed by atoms with Crippen LogP contribution in [0.15, 0.2) is 60.9 Å². The van der Waals surface area contributed by atoms with Crippen molar-refractivity contribution in [3.05, 3.63) is 66.5 Å². The molecule has 0 spiro atoms. The number of hydrogen-bond donors (Lipinski definition) is 4. The summed E-state index contributed by atoms with van der Waals surface area (Å²) in [7, 11) is 0. The number of H-pyrrole nitrogens is 1. The second-order valence-corrected chi connectivity index (χ2v) is 8.40. The van der Waals surface area contributed by atoms with Crippen molar-refractivity contribution in [3.8, 4) is 17.0 Å². The number of carbonyl (C=O) groups is 1. The molecule has 0 bridgehead atoms. The Labute approximate surface area is 204 Å². The Morgan fingerprint density at radius 1 is 1.11 bits per heavy atom. The smallest absolute Gasteiger partial charge is 0.410 e. The lowest BCUT2D eigenvalue weighted by Gasteiger charge is -2.24. The van der Waals surface area contributed by atoms with Crippen molar-refractivity contribution >= 4 is 28.6 Å². The Morgan fingerprint density at radius 2 is 1.94 bits per heavy atom. The predicted molar refractivity (Wildman–Crippen MR) is 130 cm³/mol. The van der Waals surface area contributed by atoms with Crippen LogP contribution in [-0.2, 0) is 6.18 Å². The predicted octanol–water partition coefficient (Wildman–Crippen LogP) is 5.42. The topological polar surface area (TPSA) is 104 Å². The van der Waals surface area contributed by atoms with Gasteiger partial charge in [-0.2, -0.15) is 13.2 Å². The third-order valence-electron chi connectivity index (χ3n) is 5.89. The van der Waals surface area contributed by atoms with Gasteiger partial charge in [-0.15, -0.1) is 0 Å². The molecule has 36 heavy (non-hydrogen) atoms. The van der Waals surface area contributed by atoms with E-state index in [1.807, 2.05) is 0 Å². The number of anilines is 2. The largest absolute Gasteiger partial charge is 0.419 e. The minimum absolute atomic E-state index is 0.0257. The molecule has 0 unspecified atom stereocenters. The fraction of sp³-hybridized carbons (Fsp3) is 0.240. The highest BCUT2D eigenvalue weighted by molar-refractivity contribution is 6.05. The minimum Gasteiger partial charge on any atom is -0.410 e. The lowest BCUT2D eigenvalue weighted by atomic mass is 10.0. The monoisotopic (exact) mass is 496 g/mol. The van der Waals surface area contributed by atoms with Crippen molar-refractivity contribution in [3.63, 3.8) is 0 Å². The number of benzene rings is 2. The number of hydrogen-bond acceptors (Lipinski definition) is 6. The van der Waals surface area contributed by atoms with Crippen LogP contribution in [-0.4, -0.2) is 40.2 Å². The summed E-state index contributed by atoms with van der Waals surface area (Å²) in [5.74, 6) is 0.486. The molecule has 1 aliphatic heterocycles. The number of ether oxygens (including phenoxy) is 1. The van der Waals surface area contributed by atoms with Crippen molar-refractivity contribution in [2.24, 2.45) is 0 Å². The van der Waals surface area contributed by atoms with E-state index in [-0.39, 0.29) is 23.2 Å². The first kappa shape index (κ1) is 23.6. The minimum atomic E-state index is -4.65. The maximum Gasteiger partial charge on any atom is 0.419 e. The number of rotatable bonds is 5. The summed E-state index contributed by atoms with van der Waals surface area (Å²) in [4.78, 5) is 23.6. The van der Waals surface area contributed by atoms with Gasteiger partial charge in [-0.1, -0.05) is 30.3 Å². The summed E-state index contributed by atoms with van der Waals surface area (Å²) in [6.45, 7) is 1.59. The Balaban J connectivity index is 1.48. The standard InChI is InChI=1S/C25H23F3N6O2/c26-25(27,28)19-14-31-23(32-15-6-5-11-29-12-15)34-21(19)18-13-30-22-17(18)9-4-10-20(22)33-24(35)36-16-7-2-1-3-8-16/h1-4,7-10,13-15,29-30H,5-6,11-12H2,(H,33,35)(H,31,32,34)/t15-/m0/s1. The van der Waals surface area contributed by atoms with E-state index in [1.165, 1.54) is 6.20 Å². The van der Waals surface area contributed by atoms with Crippen LogP contribution in [0.25, 0.3) is 22.2 Å². The molecule has 0 saturated carbocycles. The number of fused-ring (bicyclic) bond motifs is 1. The van der Waals surface area contributed by atoms with Crippen molar-refractivity contribution in [1.82, 2.24) is 20.3 Å². The molecule has 1 fully saturated rings. The number of piperidine rings is 1. The summed E-state index contributed by atoms with van der Waals surface area (Å²) < 4.78 is 46.9. The third-order valence-corrected chi connectivity index (χ3v) is 5.89. The average molecular weight is 496 g/mol. The van der Waals surface area contributed by atoms with Gasteiger partial charge in [-0.25, -0.2) is 14.8 Å². The number of amides is 1. The van der Waals surface area contributed by atoms with Gasteiger partial charge in [0.15, 0.2) is 0 Å². The van der Waals surface area contributed by atoms with Crippen LogP contribution in [0.1, 0.15) is 18.4 Å². The zero-order valence-electron chi connectivity index (χ0n) is 19.0. The maximum atomic E-state index is 13.9. The first-order chi connectivity index (χ1) is 17.4. The zero-order chi connectivity index (χ0) is 25.1. The van der Waals surface area contributed by atoms with E-state index in [0.717, 1.165) is 25.6 Å². The van der Waals surface area contributed by atoms with Gasteiger partial charge in [-0.3, -0.25) is 5.32 Å². The first-order valence-electron chi connectivity index (χ1n) is 11.4. The van der Waals surface area contributed by atoms with Crippen molar-refractivity contribution in [1.29, 1.82) is 0 Å². The molecule has 0 aliphatic carbocycles. The second kappa shape index (κ2) is 9.86. The normalized spacial score (nSPS) is 16.0. The molecule has 1 amide bonds. The summed E-state index contributed by atoms with van der Waals surface area (Å²) in [6.07, 6.45) is -1.31. The number of aromatic amines is 1. The number of para-hydroxylation sites is 2. The fourth-order valence-electron chi connectivity index (χ4n) is 4.21. The van der Waals surface area contributed by atoms with E-state index in [2.05, 4.69) is 30.9 Å². The molecule has 1 aliphatic rings. The molecule has 1 saturated heterocycles. The van der Waals surface area contributed by atoms with Gasteiger partial charge < -0.3 is 20.4 Å². The highest BCUT2D eigenvalue weighted by Gasteiger charge is 2.36. The van der Waals surface area contributed by atoms with E-state index in [0.29, 0.717) is 28.9 Å². The highest BCUT2D eigenvalue weighted by Crippen LogP contribution is 2.39. The number of carbonyl (C=O) groups excluding carboxylic acids is 1. The van der Waals surface area contributed by atoms with E-state index < -0.39 is 17.8 Å². The van der Waals surface area contributed by atoms with Gasteiger partial charge in [0.05, 0.1) is 16.9 Å². The van der Waals surface area contributed by atoms with Gasteiger partial charge in [0.1, 0.15) is 11.3 Å². The quantitative estimate of drug-likeness (QED) is 0.294. The molecular formula is C25H23F3N6O2. The van der Waals surface area contributed by atoms with Crippen LogP contribution >= 0.6 is 0 Å². The van der Waals surface area contributed by atoms with Gasteiger partial charge in [-0.05, 0) is 37.6 Å². The molecule has 4 N–H and O–H groups in total. The SMILES string of the molecule is O=C(Nc1cccc2c(-c3nc(N[C@H]4CCCNC4)ncc3C(F)(F)F)c[nH]c12)Oc1ccccc1. The molecule has 186 valence electrons. The average Bonchev–Trinajstić information content (AvgIpc) is 3.30. The van der Waals surface area contributed by atoms with Crippen molar-refractivity contribution in [2.75, 3.05) is 23.7 Å². The number of nitrogens with one attached hydrogen (secondary N) is 4. The van der Waals surface area contributed by atoms with E-state index >= 15 is 0 Å². The molecule has 1 atom stereocenters. The van der Waals surface area contributed by atoms with Gasteiger partial charge in [0.25, 0.3) is 0 Å². The van der Waals surface area contributed by atoms with Crippen molar-refractivity contribution in [2.45, 2.75) is 25.1 Å². The summed E-state index contributed by atoms with van der Waals surface area (Å²) in [6, 6.07) is 13.5. The molecule has 8 nitrogen and oxygen atoms in total. The van der Waals surface area contributed by atoms with Crippen LogP contribution < -0.4 is 20.7 Å². The van der Waals surface area contributed by atoms with Crippen LogP contribution in [0.3, 0.4) is 0 Å². The second-order valence-electron chi connectivity index (χ2n) is 8.40. The Hall–Kier alpha value is -4.12. The first-order valence-corrected chi connectivity index (χ1v) is 11.4. The van der Waals surface area contributed by atoms with Crippen LogP contribution in [0, 0.1) is 0 Å².